The van der Waals surface area contributed by atoms with Gasteiger partial charge in [-0.15, -0.1) is 0 Å². The van der Waals surface area contributed by atoms with Gasteiger partial charge in [0.15, 0.2) is 0 Å². The van der Waals surface area contributed by atoms with Crippen molar-refractivity contribution in [3.05, 3.63) is 83.4 Å². The van der Waals surface area contributed by atoms with Gasteiger partial charge in [-0.05, 0) is 72.9 Å². The number of nitrogens with one attached hydrogen (secondary N) is 2. The Bertz CT molecular complexity index is 1340. The van der Waals surface area contributed by atoms with E-state index in [0.29, 0.717) is 36.3 Å². The van der Waals surface area contributed by atoms with Gasteiger partial charge in [-0.2, -0.15) is 0 Å². The number of anilines is 3. The fourth-order valence-corrected chi connectivity index (χ4v) is 5.20. The number of sulfonamides is 1. The molecule has 0 bridgehead atoms. The molecular weight excluding hydrogens is 450 g/mol. The smallest absolute Gasteiger partial charge is 0.261 e. The molecule has 0 unspecified atom stereocenters. The van der Waals surface area contributed by atoms with Crippen LogP contribution >= 0.6 is 0 Å². The Labute approximate surface area is 199 Å². The molecular formula is C25H27N5O3S. The molecule has 1 aliphatic heterocycles. The molecule has 1 aliphatic rings. The molecule has 3 aromatic carbocycles. The minimum atomic E-state index is -3.68. The number of benzene rings is 3. The lowest BCUT2D eigenvalue weighted by atomic mass is 9.99. The maximum Gasteiger partial charge on any atom is 0.261 e. The van der Waals surface area contributed by atoms with Crippen molar-refractivity contribution in [1.82, 2.24) is 0 Å². The predicted octanol–water partition coefficient (Wildman–Crippen LogP) is 3.27. The Balaban J connectivity index is 1.46. The molecule has 34 heavy (non-hydrogen) atoms. The number of hydrogen-bond acceptors (Lipinski definition) is 5. The second kappa shape index (κ2) is 9.56. The van der Waals surface area contributed by atoms with Crippen LogP contribution in [0.25, 0.3) is 0 Å². The summed E-state index contributed by atoms with van der Waals surface area (Å²) in [6, 6.07) is 18.8. The van der Waals surface area contributed by atoms with Gasteiger partial charge in [0.2, 0.25) is 5.91 Å². The van der Waals surface area contributed by atoms with E-state index < -0.39 is 10.0 Å². The number of carbonyl (C=O) groups excluding carboxylic acids is 1. The molecule has 176 valence electrons. The monoisotopic (exact) mass is 477 g/mol. The molecule has 0 saturated heterocycles. The average Bonchev–Trinajstić information content (AvgIpc) is 2.82. The number of amides is 1. The third-order valence-electron chi connectivity index (χ3n) is 5.84. The Morgan fingerprint density at radius 3 is 2.53 bits per heavy atom. The molecule has 1 amide bonds. The van der Waals surface area contributed by atoms with E-state index in [2.05, 4.69) is 4.72 Å². The predicted molar refractivity (Wildman–Crippen MR) is 135 cm³/mol. The van der Waals surface area contributed by atoms with Gasteiger partial charge >= 0.3 is 0 Å². The van der Waals surface area contributed by atoms with Crippen molar-refractivity contribution in [2.45, 2.75) is 30.6 Å². The van der Waals surface area contributed by atoms with Gasteiger partial charge in [0.25, 0.3) is 10.0 Å². The van der Waals surface area contributed by atoms with Crippen molar-refractivity contribution in [3.63, 3.8) is 0 Å². The van der Waals surface area contributed by atoms with Gasteiger partial charge in [-0.25, -0.2) is 8.42 Å². The summed E-state index contributed by atoms with van der Waals surface area (Å²) in [6.45, 7) is 0.617. The number of carbonyl (C=O) groups is 1. The minimum absolute atomic E-state index is 0.00668. The van der Waals surface area contributed by atoms with Gasteiger partial charge in [-0.3, -0.25) is 14.9 Å². The van der Waals surface area contributed by atoms with Crippen LogP contribution in [0.3, 0.4) is 0 Å². The zero-order valence-electron chi connectivity index (χ0n) is 18.6. The van der Waals surface area contributed by atoms with Gasteiger partial charge in [0.05, 0.1) is 4.90 Å². The zero-order valence-corrected chi connectivity index (χ0v) is 19.4. The maximum atomic E-state index is 13.0. The van der Waals surface area contributed by atoms with Gasteiger partial charge < -0.3 is 16.4 Å². The lowest BCUT2D eigenvalue weighted by Crippen LogP contribution is -2.35. The fourth-order valence-electron chi connectivity index (χ4n) is 4.13. The Morgan fingerprint density at radius 1 is 1.06 bits per heavy atom. The second-order valence-corrected chi connectivity index (χ2v) is 9.93. The molecule has 3 aromatic rings. The molecule has 4 rings (SSSR count). The van der Waals surface area contributed by atoms with E-state index in [9.17, 15) is 13.2 Å². The van der Waals surface area contributed by atoms with Crippen molar-refractivity contribution in [1.29, 1.82) is 5.41 Å². The van der Waals surface area contributed by atoms with Crippen LogP contribution in [0.5, 0.6) is 0 Å². The minimum Gasteiger partial charge on any atom is -0.398 e. The lowest BCUT2D eigenvalue weighted by Gasteiger charge is -2.30. The number of aryl methyl sites for hydroxylation is 2. The molecule has 0 atom stereocenters. The molecule has 6 N–H and O–H groups in total. The van der Waals surface area contributed by atoms with Crippen LogP contribution in [0.1, 0.15) is 29.5 Å². The van der Waals surface area contributed by atoms with Crippen molar-refractivity contribution in [3.8, 4) is 0 Å². The number of nitrogens with zero attached hydrogens (tertiary/aromatic N) is 1. The number of nitrogen functional groups attached to an aromatic ring is 2. The van der Waals surface area contributed by atoms with Crippen LogP contribution < -0.4 is 21.1 Å². The van der Waals surface area contributed by atoms with E-state index >= 15 is 0 Å². The van der Waals surface area contributed by atoms with Crippen molar-refractivity contribution in [2.24, 2.45) is 5.73 Å². The van der Waals surface area contributed by atoms with Crippen LogP contribution in [-0.2, 0) is 27.7 Å². The molecule has 0 aliphatic carbocycles. The van der Waals surface area contributed by atoms with Gasteiger partial charge in [0.1, 0.15) is 5.84 Å². The second-order valence-electron chi connectivity index (χ2n) is 8.25. The molecule has 0 saturated carbocycles. The van der Waals surface area contributed by atoms with Crippen LogP contribution in [0, 0.1) is 5.41 Å². The Kier molecular flexibility index (Phi) is 6.56. The largest absolute Gasteiger partial charge is 0.398 e. The highest BCUT2D eigenvalue weighted by Crippen LogP contribution is 2.31. The summed E-state index contributed by atoms with van der Waals surface area (Å²) < 4.78 is 27.9. The first kappa shape index (κ1) is 23.3. The third-order valence-corrected chi connectivity index (χ3v) is 7.24. The van der Waals surface area contributed by atoms with E-state index in [1.807, 2.05) is 6.07 Å². The lowest BCUT2D eigenvalue weighted by molar-refractivity contribution is -0.118. The van der Waals surface area contributed by atoms with E-state index in [0.717, 1.165) is 29.7 Å². The summed E-state index contributed by atoms with van der Waals surface area (Å²) in [5.74, 6) is -0.0942. The first-order chi connectivity index (χ1) is 16.2. The Hall–Kier alpha value is -3.85. The number of rotatable bonds is 7. The number of fused-ring (bicyclic) bond motifs is 1. The van der Waals surface area contributed by atoms with Crippen molar-refractivity contribution in [2.75, 3.05) is 21.9 Å². The molecule has 8 nitrogen and oxygen atoms in total. The van der Waals surface area contributed by atoms with Crippen LogP contribution in [0.15, 0.2) is 71.6 Å². The molecule has 1 heterocycles. The summed E-state index contributed by atoms with van der Waals surface area (Å²) >= 11 is 0. The average molecular weight is 478 g/mol. The van der Waals surface area contributed by atoms with Crippen molar-refractivity contribution >= 4 is 38.8 Å². The van der Waals surface area contributed by atoms with Gasteiger partial charge in [0, 0.05) is 35.6 Å². The van der Waals surface area contributed by atoms with E-state index in [1.165, 1.54) is 0 Å². The summed E-state index contributed by atoms with van der Waals surface area (Å²) in [4.78, 5) is 15.0. The summed E-state index contributed by atoms with van der Waals surface area (Å²) in [5.41, 5.74) is 15.5. The first-order valence-electron chi connectivity index (χ1n) is 11.0. The summed E-state index contributed by atoms with van der Waals surface area (Å²) in [7, 11) is -3.68. The highest BCUT2D eigenvalue weighted by molar-refractivity contribution is 7.92. The summed E-state index contributed by atoms with van der Waals surface area (Å²) in [5, 5.41) is 7.53. The highest BCUT2D eigenvalue weighted by atomic mass is 32.2. The van der Waals surface area contributed by atoms with E-state index in [4.69, 9.17) is 16.9 Å². The first-order valence-corrected chi connectivity index (χ1v) is 12.5. The standard InChI is InChI=1S/C25H27N5O3S/c26-22-15-17(8-11-21(22)25(27)28)9-13-24(31)30-14-4-5-18-16-19(10-12-23(18)30)29-34(32,33)20-6-2-1-3-7-20/h1-3,6-8,10-12,15-16,29H,4-5,9,13-14,26H2,(H3,27,28). The molecule has 0 aromatic heterocycles. The SMILES string of the molecule is N=C(N)c1ccc(CCC(=O)N2CCCc3cc(NS(=O)(=O)c4ccccc4)ccc32)cc1N. The summed E-state index contributed by atoms with van der Waals surface area (Å²) in [6.07, 6.45) is 2.39. The zero-order chi connectivity index (χ0) is 24.3. The van der Waals surface area contributed by atoms with E-state index in [1.54, 1.807) is 65.6 Å². The molecule has 0 radical (unpaired) electrons. The van der Waals surface area contributed by atoms with Crippen LogP contribution in [-0.4, -0.2) is 26.7 Å². The van der Waals surface area contributed by atoms with Crippen molar-refractivity contribution < 1.29 is 13.2 Å². The van der Waals surface area contributed by atoms with Crippen LogP contribution in [0.2, 0.25) is 0 Å². The number of hydrogen-bond donors (Lipinski definition) is 4. The maximum absolute atomic E-state index is 13.0. The normalized spacial score (nSPS) is 13.2. The van der Waals surface area contributed by atoms with Gasteiger partial charge in [-0.1, -0.05) is 24.3 Å². The molecule has 9 heteroatoms. The van der Waals surface area contributed by atoms with E-state index in [-0.39, 0.29) is 16.6 Å². The topological polar surface area (TPSA) is 142 Å². The quantitative estimate of drug-likeness (QED) is 0.235. The fraction of sp³-hybridized carbons (Fsp3) is 0.200. The molecule has 0 spiro atoms. The third kappa shape index (κ3) is 5.04. The highest BCUT2D eigenvalue weighted by Gasteiger charge is 2.23. The number of amidine groups is 1. The number of nitrogens with two attached hydrogens (primary N) is 2. The Morgan fingerprint density at radius 2 is 1.82 bits per heavy atom. The molecule has 0 fully saturated rings. The van der Waals surface area contributed by atoms with Crippen LogP contribution in [0.4, 0.5) is 17.1 Å².